The number of hydrogen-bond donors (Lipinski definition) is 1. The number of rotatable bonds is 11. The van der Waals surface area contributed by atoms with E-state index in [4.69, 9.17) is 21.1 Å². The number of ether oxygens (including phenoxy) is 2. The molecule has 12 heteroatoms. The van der Waals surface area contributed by atoms with Crippen molar-refractivity contribution in [2.75, 3.05) is 18.2 Å². The van der Waals surface area contributed by atoms with Crippen molar-refractivity contribution in [1.82, 2.24) is 14.8 Å². The van der Waals surface area contributed by atoms with Crippen molar-refractivity contribution < 1.29 is 23.5 Å². The van der Waals surface area contributed by atoms with Crippen LogP contribution in [0.1, 0.15) is 21.7 Å². The molecule has 0 aliphatic rings. The topological polar surface area (TPSA) is 95.3 Å². The minimum absolute atomic E-state index is 0.0160. The van der Waals surface area contributed by atoms with Gasteiger partial charge in [-0.25, -0.2) is 9.18 Å². The van der Waals surface area contributed by atoms with Crippen LogP contribution in [0.4, 0.5) is 9.39 Å². The van der Waals surface area contributed by atoms with Gasteiger partial charge in [0.25, 0.3) is 0 Å². The van der Waals surface area contributed by atoms with Gasteiger partial charge in [-0.05, 0) is 24.6 Å². The molecule has 0 bridgehead atoms. The molecule has 0 aliphatic heterocycles. The van der Waals surface area contributed by atoms with Crippen LogP contribution in [0.25, 0.3) is 11.1 Å². The minimum atomic E-state index is -0.538. The van der Waals surface area contributed by atoms with Gasteiger partial charge in [0, 0.05) is 23.6 Å². The predicted octanol–water partition coefficient (Wildman–Crippen LogP) is 6.39. The Morgan fingerprint density at radius 1 is 1.23 bits per heavy atom. The van der Waals surface area contributed by atoms with Crippen LogP contribution in [0, 0.1) is 12.7 Å². The van der Waals surface area contributed by atoms with Gasteiger partial charge in [-0.1, -0.05) is 59.3 Å². The van der Waals surface area contributed by atoms with Crippen molar-refractivity contribution >= 4 is 51.6 Å². The summed E-state index contributed by atoms with van der Waals surface area (Å²) in [6.07, 6.45) is 1.67. The number of anilines is 1. The number of nitrogens with zero attached hydrogens (tertiary/aromatic N) is 3. The summed E-state index contributed by atoms with van der Waals surface area (Å²) >= 11 is 8.25. The van der Waals surface area contributed by atoms with Crippen molar-refractivity contribution in [3.63, 3.8) is 0 Å². The molecule has 8 nitrogen and oxygen atoms in total. The number of halogens is 2. The van der Waals surface area contributed by atoms with Crippen molar-refractivity contribution in [2.24, 2.45) is 0 Å². The molecular weight excluding hydrogens is 563 g/mol. The maximum atomic E-state index is 13.4. The Morgan fingerprint density at radius 2 is 2.00 bits per heavy atom. The standard InChI is InChI=1S/C27H24ClFN4O4S2/c1-4-11-33-22(13-37-18-9-10-21(29)20(28)12-18)31-32-27(33)39-15-23(34)30-25-24(26(35)36-3)19(14-38-25)17-7-5-16(2)6-8-17/h4-10,12,14H,1,11,13,15H2,2-3H3,(H,30,34). The van der Waals surface area contributed by atoms with Crippen LogP contribution in [-0.2, 0) is 22.7 Å². The van der Waals surface area contributed by atoms with Crippen LogP contribution in [-0.4, -0.2) is 39.5 Å². The third-order valence-electron chi connectivity index (χ3n) is 5.49. The highest BCUT2D eigenvalue weighted by Gasteiger charge is 2.23. The van der Waals surface area contributed by atoms with E-state index in [1.165, 1.54) is 48.4 Å². The summed E-state index contributed by atoms with van der Waals surface area (Å²) in [6, 6.07) is 11.8. The van der Waals surface area contributed by atoms with E-state index in [2.05, 4.69) is 22.1 Å². The van der Waals surface area contributed by atoms with Gasteiger partial charge in [-0.15, -0.1) is 28.1 Å². The van der Waals surface area contributed by atoms with Crippen LogP contribution < -0.4 is 10.1 Å². The first-order valence-corrected chi connectivity index (χ1v) is 13.8. The first-order chi connectivity index (χ1) is 18.8. The number of amides is 1. The number of esters is 1. The zero-order valence-corrected chi connectivity index (χ0v) is 23.5. The number of thioether (sulfide) groups is 1. The Labute approximate surface area is 237 Å². The number of aryl methyl sites for hydroxylation is 1. The van der Waals surface area contributed by atoms with Gasteiger partial charge in [0.1, 0.15) is 28.7 Å². The van der Waals surface area contributed by atoms with Gasteiger partial charge in [0.15, 0.2) is 11.0 Å². The largest absolute Gasteiger partial charge is 0.486 e. The van der Waals surface area contributed by atoms with E-state index in [0.29, 0.717) is 39.4 Å². The Kier molecular flexibility index (Phi) is 9.39. The van der Waals surface area contributed by atoms with Crippen LogP contribution in [0.5, 0.6) is 5.75 Å². The van der Waals surface area contributed by atoms with E-state index < -0.39 is 11.8 Å². The average molecular weight is 587 g/mol. The normalized spacial score (nSPS) is 10.8. The highest BCUT2D eigenvalue weighted by Crippen LogP contribution is 2.36. The third-order valence-corrected chi connectivity index (χ3v) is 7.64. The summed E-state index contributed by atoms with van der Waals surface area (Å²) in [4.78, 5) is 25.5. The predicted molar refractivity (Wildman–Crippen MR) is 151 cm³/mol. The lowest BCUT2D eigenvalue weighted by Crippen LogP contribution is -2.16. The van der Waals surface area contributed by atoms with Crippen molar-refractivity contribution in [1.29, 1.82) is 0 Å². The van der Waals surface area contributed by atoms with Gasteiger partial charge < -0.3 is 14.8 Å². The fourth-order valence-corrected chi connectivity index (χ4v) is 5.46. The Bertz CT molecular complexity index is 1500. The third kappa shape index (κ3) is 6.86. The second kappa shape index (κ2) is 12.9. The van der Waals surface area contributed by atoms with Crippen LogP contribution in [0.3, 0.4) is 0 Å². The zero-order chi connectivity index (χ0) is 27.9. The number of allylic oxidation sites excluding steroid dienone is 1. The number of nitrogens with one attached hydrogen (secondary N) is 1. The van der Waals surface area contributed by atoms with Gasteiger partial charge in [0.05, 0.1) is 17.9 Å². The van der Waals surface area contributed by atoms with Crippen LogP contribution in [0.2, 0.25) is 5.02 Å². The molecule has 39 heavy (non-hydrogen) atoms. The second-order valence-electron chi connectivity index (χ2n) is 8.21. The maximum absolute atomic E-state index is 13.4. The lowest BCUT2D eigenvalue weighted by molar-refractivity contribution is -0.113. The second-order valence-corrected chi connectivity index (χ2v) is 10.4. The van der Waals surface area contributed by atoms with Crippen molar-refractivity contribution in [3.05, 3.63) is 88.3 Å². The average Bonchev–Trinajstić information content (AvgIpc) is 3.52. The summed E-state index contributed by atoms with van der Waals surface area (Å²) in [5, 5.41) is 13.8. The number of carbonyl (C=O) groups excluding carboxylic acids is 2. The fraction of sp³-hybridized carbons (Fsp3) is 0.185. The Morgan fingerprint density at radius 3 is 2.69 bits per heavy atom. The molecule has 1 N–H and O–H groups in total. The van der Waals surface area contributed by atoms with Crippen LogP contribution in [0.15, 0.2) is 65.7 Å². The van der Waals surface area contributed by atoms with E-state index in [1.54, 1.807) is 10.6 Å². The number of carbonyl (C=O) groups is 2. The lowest BCUT2D eigenvalue weighted by atomic mass is 10.0. The molecule has 1 amide bonds. The quantitative estimate of drug-likeness (QED) is 0.124. The highest BCUT2D eigenvalue weighted by molar-refractivity contribution is 7.99. The summed E-state index contributed by atoms with van der Waals surface area (Å²) in [7, 11) is 1.30. The molecule has 2 heterocycles. The van der Waals surface area contributed by atoms with Gasteiger partial charge in [-0.3, -0.25) is 9.36 Å². The fourth-order valence-electron chi connectivity index (χ4n) is 3.55. The number of thiophene rings is 1. The minimum Gasteiger partial charge on any atom is -0.486 e. The van der Waals surface area contributed by atoms with Gasteiger partial charge in [0.2, 0.25) is 5.91 Å². The number of benzene rings is 2. The van der Waals surface area contributed by atoms with E-state index >= 15 is 0 Å². The first kappa shape index (κ1) is 28.3. The Balaban J connectivity index is 1.44. The molecule has 0 aliphatic carbocycles. The molecule has 4 aromatic rings. The summed E-state index contributed by atoms with van der Waals surface area (Å²) < 4.78 is 25.8. The molecule has 0 fully saturated rings. The molecule has 0 unspecified atom stereocenters. The highest BCUT2D eigenvalue weighted by atomic mass is 35.5. The monoisotopic (exact) mass is 586 g/mol. The van der Waals surface area contributed by atoms with Crippen LogP contribution >= 0.6 is 34.7 Å². The van der Waals surface area contributed by atoms with E-state index in [-0.39, 0.29) is 23.3 Å². The number of aromatic nitrogens is 3. The zero-order valence-electron chi connectivity index (χ0n) is 21.1. The van der Waals surface area contributed by atoms with Gasteiger partial charge in [-0.2, -0.15) is 0 Å². The molecule has 0 saturated carbocycles. The molecule has 2 aromatic heterocycles. The smallest absolute Gasteiger partial charge is 0.341 e. The van der Waals surface area contributed by atoms with E-state index in [0.717, 1.165) is 11.1 Å². The summed E-state index contributed by atoms with van der Waals surface area (Å²) in [5.74, 6) is -0.509. The molecule has 0 saturated heterocycles. The lowest BCUT2D eigenvalue weighted by Gasteiger charge is -2.10. The molecule has 4 rings (SSSR count). The SMILES string of the molecule is C=CCn1c(COc2ccc(F)c(Cl)c2)nnc1SCC(=O)Nc1scc(-c2ccc(C)cc2)c1C(=O)OC. The number of hydrogen-bond acceptors (Lipinski definition) is 8. The van der Waals surface area contributed by atoms with E-state index in [1.807, 2.05) is 36.6 Å². The molecule has 0 spiro atoms. The maximum Gasteiger partial charge on any atom is 0.341 e. The summed E-state index contributed by atoms with van der Waals surface area (Å²) in [5.41, 5.74) is 2.94. The molecule has 202 valence electrons. The van der Waals surface area contributed by atoms with Crippen molar-refractivity contribution in [3.8, 4) is 16.9 Å². The number of methoxy groups -OCH3 is 1. The first-order valence-electron chi connectivity index (χ1n) is 11.6. The molecule has 2 aromatic carbocycles. The van der Waals surface area contributed by atoms with E-state index in [9.17, 15) is 14.0 Å². The summed E-state index contributed by atoms with van der Waals surface area (Å²) in [6.45, 7) is 6.19. The van der Waals surface area contributed by atoms with Crippen molar-refractivity contribution in [2.45, 2.75) is 25.2 Å². The molecular formula is C27H24ClFN4O4S2. The molecule has 0 radical (unpaired) electrons. The van der Waals surface area contributed by atoms with Gasteiger partial charge >= 0.3 is 5.97 Å². The Hall–Kier alpha value is -3.67. The molecule has 0 atom stereocenters.